The summed E-state index contributed by atoms with van der Waals surface area (Å²) in [5.41, 5.74) is 2.62. The Bertz CT molecular complexity index is 841. The van der Waals surface area contributed by atoms with Gasteiger partial charge in [0.25, 0.3) is 0 Å². The third kappa shape index (κ3) is 4.86. The van der Waals surface area contributed by atoms with E-state index < -0.39 is 12.1 Å². The second-order valence-corrected chi connectivity index (χ2v) is 6.38. The van der Waals surface area contributed by atoms with Crippen LogP contribution in [0.2, 0.25) is 0 Å². The van der Waals surface area contributed by atoms with E-state index in [2.05, 4.69) is 5.32 Å². The molecule has 0 radical (unpaired) electrons. The van der Waals surface area contributed by atoms with Crippen LogP contribution in [0.15, 0.2) is 42.5 Å². The number of aliphatic carboxylic acids is 1. The summed E-state index contributed by atoms with van der Waals surface area (Å²) in [5, 5.41) is 12.1. The molecule has 1 atom stereocenters. The minimum atomic E-state index is -0.796. The summed E-state index contributed by atoms with van der Waals surface area (Å²) < 4.78 is 10.6. The predicted molar refractivity (Wildman–Crippen MR) is 109 cm³/mol. The van der Waals surface area contributed by atoms with Crippen LogP contribution in [0, 0.1) is 0 Å². The Morgan fingerprint density at radius 3 is 2.50 bits per heavy atom. The molecule has 7 nitrogen and oxygen atoms in total. The van der Waals surface area contributed by atoms with Crippen molar-refractivity contribution in [1.29, 1.82) is 0 Å². The molecule has 3 rings (SSSR count). The Kier molecular flexibility index (Phi) is 7.12. The molecule has 28 heavy (non-hydrogen) atoms. The number of anilines is 2. The zero-order valence-corrected chi connectivity index (χ0v) is 16.5. The van der Waals surface area contributed by atoms with E-state index in [0.717, 1.165) is 11.3 Å². The lowest BCUT2D eigenvalue weighted by molar-refractivity contribution is -0.137. The minimum Gasteiger partial charge on any atom is -0.497 e. The van der Waals surface area contributed by atoms with Gasteiger partial charge in [0.05, 0.1) is 7.11 Å². The monoisotopic (exact) mass is 406 g/mol. The molecular weight excluding hydrogens is 384 g/mol. The third-order valence-corrected chi connectivity index (χ3v) is 4.65. The Morgan fingerprint density at radius 2 is 1.86 bits per heavy atom. The van der Waals surface area contributed by atoms with E-state index in [1.807, 2.05) is 6.07 Å². The van der Waals surface area contributed by atoms with Gasteiger partial charge in [-0.1, -0.05) is 6.07 Å². The number of carboxylic acids is 1. The van der Waals surface area contributed by atoms with Crippen molar-refractivity contribution in [2.75, 3.05) is 30.9 Å². The molecule has 0 fully saturated rings. The van der Waals surface area contributed by atoms with Crippen LogP contribution in [0.5, 0.6) is 11.5 Å². The highest BCUT2D eigenvalue weighted by atomic mass is 35.5. The highest BCUT2D eigenvalue weighted by molar-refractivity contribution is 5.88. The molecule has 0 aromatic heterocycles. The number of ether oxygens (including phenoxy) is 2. The molecule has 150 valence electrons. The SMILES string of the molecule is COc1ccc(N(C)C(=O)Oc2ccc3c(c2)NCC3CCC(=O)O)cc1.Cl. The van der Waals surface area contributed by atoms with E-state index in [1.54, 1.807) is 50.6 Å². The molecule has 8 heteroatoms. The maximum absolute atomic E-state index is 12.4. The second kappa shape index (κ2) is 9.32. The molecule has 1 heterocycles. The number of carbonyl (C=O) groups is 2. The zero-order chi connectivity index (χ0) is 19.4. The number of rotatable bonds is 6. The first kappa shape index (κ1) is 21.4. The number of methoxy groups -OCH3 is 1. The molecule has 2 N–H and O–H groups in total. The van der Waals surface area contributed by atoms with Gasteiger partial charge in [-0.05, 0) is 42.3 Å². The van der Waals surface area contributed by atoms with Crippen LogP contribution in [0.1, 0.15) is 24.3 Å². The van der Waals surface area contributed by atoms with Gasteiger partial charge < -0.3 is 19.9 Å². The lowest BCUT2D eigenvalue weighted by Crippen LogP contribution is -2.29. The number of fused-ring (bicyclic) bond motifs is 1. The number of carboxylic acid groups (broad SMARTS) is 1. The van der Waals surface area contributed by atoms with Crippen LogP contribution in [0.4, 0.5) is 16.2 Å². The first-order valence-corrected chi connectivity index (χ1v) is 8.67. The molecule has 0 bridgehead atoms. The lowest BCUT2D eigenvalue weighted by atomic mass is 9.96. The number of hydrogen-bond acceptors (Lipinski definition) is 5. The van der Waals surface area contributed by atoms with Crippen molar-refractivity contribution in [2.24, 2.45) is 0 Å². The molecule has 0 spiro atoms. The largest absolute Gasteiger partial charge is 0.497 e. The molecule has 1 aliphatic heterocycles. The highest BCUT2D eigenvalue weighted by Crippen LogP contribution is 2.36. The number of nitrogens with zero attached hydrogens (tertiary/aromatic N) is 1. The molecule has 1 amide bonds. The van der Waals surface area contributed by atoms with Gasteiger partial charge in [0, 0.05) is 43.4 Å². The first-order chi connectivity index (χ1) is 13.0. The van der Waals surface area contributed by atoms with Crippen molar-refractivity contribution in [2.45, 2.75) is 18.8 Å². The molecular formula is C20H23ClN2O5. The fourth-order valence-corrected chi connectivity index (χ4v) is 3.09. The third-order valence-electron chi connectivity index (χ3n) is 4.65. The number of carbonyl (C=O) groups excluding carboxylic acids is 1. The molecule has 1 unspecified atom stereocenters. The first-order valence-electron chi connectivity index (χ1n) is 8.67. The van der Waals surface area contributed by atoms with Crippen molar-refractivity contribution in [1.82, 2.24) is 0 Å². The smallest absolute Gasteiger partial charge is 0.419 e. The van der Waals surface area contributed by atoms with Gasteiger partial charge in [0.15, 0.2) is 0 Å². The Hall–Kier alpha value is -2.93. The van der Waals surface area contributed by atoms with Gasteiger partial charge in [-0.2, -0.15) is 0 Å². The molecule has 2 aromatic rings. The topological polar surface area (TPSA) is 88.1 Å². The van der Waals surface area contributed by atoms with Crippen molar-refractivity contribution in [3.05, 3.63) is 48.0 Å². The number of amides is 1. The normalized spacial score (nSPS) is 14.3. The average molecular weight is 407 g/mol. The fraction of sp³-hybridized carbons (Fsp3) is 0.300. The van der Waals surface area contributed by atoms with Crippen molar-refractivity contribution >= 4 is 35.8 Å². The van der Waals surface area contributed by atoms with E-state index in [4.69, 9.17) is 14.6 Å². The molecule has 0 saturated heterocycles. The van der Waals surface area contributed by atoms with Crippen LogP contribution in [0.25, 0.3) is 0 Å². The van der Waals surface area contributed by atoms with Crippen molar-refractivity contribution in [3.63, 3.8) is 0 Å². The predicted octanol–water partition coefficient (Wildman–Crippen LogP) is 4.13. The van der Waals surface area contributed by atoms with Gasteiger partial charge in [-0.25, -0.2) is 4.79 Å². The van der Waals surface area contributed by atoms with Crippen LogP contribution >= 0.6 is 12.4 Å². The standard InChI is InChI=1S/C20H22N2O5.ClH/c1-22(14-4-6-15(26-2)7-5-14)20(25)27-16-8-9-17-13(3-10-19(23)24)12-21-18(17)11-16;/h4-9,11,13,21H,3,10,12H2,1-2H3,(H,23,24);1H. The maximum Gasteiger partial charge on any atom is 0.419 e. The summed E-state index contributed by atoms with van der Waals surface area (Å²) in [6.45, 7) is 0.686. The average Bonchev–Trinajstić information content (AvgIpc) is 3.08. The number of hydrogen-bond donors (Lipinski definition) is 2. The Labute approximate surface area is 169 Å². The van der Waals surface area contributed by atoms with Crippen LogP contribution in [-0.4, -0.2) is 37.9 Å². The summed E-state index contributed by atoms with van der Waals surface area (Å²) >= 11 is 0. The van der Waals surface area contributed by atoms with E-state index in [-0.39, 0.29) is 24.7 Å². The van der Waals surface area contributed by atoms with E-state index >= 15 is 0 Å². The van der Waals surface area contributed by atoms with Crippen LogP contribution in [-0.2, 0) is 4.79 Å². The molecule has 0 aliphatic carbocycles. The van der Waals surface area contributed by atoms with Gasteiger partial charge in [-0.15, -0.1) is 12.4 Å². The van der Waals surface area contributed by atoms with Gasteiger partial charge in [0.2, 0.25) is 0 Å². The van der Waals surface area contributed by atoms with Crippen molar-refractivity contribution in [3.8, 4) is 11.5 Å². The van der Waals surface area contributed by atoms with Gasteiger partial charge in [-0.3, -0.25) is 9.69 Å². The Morgan fingerprint density at radius 1 is 1.18 bits per heavy atom. The minimum absolute atomic E-state index is 0. The second-order valence-electron chi connectivity index (χ2n) is 6.38. The summed E-state index contributed by atoms with van der Waals surface area (Å²) in [6, 6.07) is 12.5. The van der Waals surface area contributed by atoms with Gasteiger partial charge in [0.1, 0.15) is 11.5 Å². The maximum atomic E-state index is 12.4. The molecule has 2 aromatic carbocycles. The quantitative estimate of drug-likeness (QED) is 0.750. The number of halogens is 1. The summed E-state index contributed by atoms with van der Waals surface area (Å²) in [7, 11) is 3.22. The van der Waals surface area contributed by atoms with Crippen LogP contribution < -0.4 is 19.7 Å². The summed E-state index contributed by atoms with van der Waals surface area (Å²) in [6.07, 6.45) is 0.213. The van der Waals surface area contributed by atoms with Gasteiger partial charge >= 0.3 is 12.1 Å². The Balaban J connectivity index is 0.00000280. The zero-order valence-electron chi connectivity index (χ0n) is 15.7. The summed E-state index contributed by atoms with van der Waals surface area (Å²) in [5.74, 6) is 0.506. The summed E-state index contributed by atoms with van der Waals surface area (Å²) in [4.78, 5) is 24.6. The molecule has 0 saturated carbocycles. The number of benzene rings is 2. The fourth-order valence-electron chi connectivity index (χ4n) is 3.09. The van der Waals surface area contributed by atoms with Crippen molar-refractivity contribution < 1.29 is 24.2 Å². The highest BCUT2D eigenvalue weighted by Gasteiger charge is 2.24. The van der Waals surface area contributed by atoms with E-state index in [0.29, 0.717) is 30.2 Å². The van der Waals surface area contributed by atoms with E-state index in [9.17, 15) is 9.59 Å². The number of nitrogens with one attached hydrogen (secondary N) is 1. The lowest BCUT2D eigenvalue weighted by Gasteiger charge is -2.17. The van der Waals surface area contributed by atoms with E-state index in [1.165, 1.54) is 4.90 Å². The van der Waals surface area contributed by atoms with Crippen LogP contribution in [0.3, 0.4) is 0 Å². The molecule has 1 aliphatic rings.